The van der Waals surface area contributed by atoms with Crippen LogP contribution in [-0.2, 0) is 6.42 Å². The molecule has 1 atom stereocenters. The van der Waals surface area contributed by atoms with Crippen molar-refractivity contribution in [3.8, 4) is 0 Å². The Morgan fingerprint density at radius 2 is 2.04 bits per heavy atom. The van der Waals surface area contributed by atoms with E-state index < -0.39 is 5.54 Å². The Morgan fingerprint density at radius 3 is 2.84 bits per heavy atom. The maximum absolute atomic E-state index is 13.2. The molecule has 0 saturated carbocycles. The molecule has 1 unspecified atom stereocenters. The van der Waals surface area contributed by atoms with Crippen LogP contribution < -0.4 is 0 Å². The van der Waals surface area contributed by atoms with Gasteiger partial charge >= 0.3 is 0 Å². The van der Waals surface area contributed by atoms with E-state index in [2.05, 4.69) is 17.1 Å². The fourth-order valence-corrected chi connectivity index (χ4v) is 3.84. The minimum absolute atomic E-state index is 0.0268. The molecular formula is C20H21N3O2. The predicted molar refractivity (Wildman–Crippen MR) is 95.4 cm³/mol. The van der Waals surface area contributed by atoms with Gasteiger partial charge in [0.15, 0.2) is 0 Å². The molecule has 1 aliphatic rings. The first kappa shape index (κ1) is 15.8. The molecule has 5 heteroatoms. The van der Waals surface area contributed by atoms with Crippen LogP contribution in [0.5, 0.6) is 0 Å². The number of likely N-dealkylation sites (tertiary alicyclic amines) is 1. The fourth-order valence-electron chi connectivity index (χ4n) is 3.84. The van der Waals surface area contributed by atoms with Crippen molar-refractivity contribution < 1.29 is 9.90 Å². The third-order valence-corrected chi connectivity index (χ3v) is 5.15. The van der Waals surface area contributed by atoms with Crippen molar-refractivity contribution in [3.05, 3.63) is 72.2 Å². The number of aromatic nitrogens is 2. The number of hydrogen-bond acceptors (Lipinski definition) is 3. The lowest BCUT2D eigenvalue weighted by Gasteiger charge is -2.37. The summed E-state index contributed by atoms with van der Waals surface area (Å²) in [5, 5.41) is 10.2. The highest BCUT2D eigenvalue weighted by Crippen LogP contribution is 2.33. The molecule has 3 aromatic rings. The van der Waals surface area contributed by atoms with Gasteiger partial charge in [-0.25, -0.2) is 4.98 Å². The molecule has 1 fully saturated rings. The number of aliphatic hydroxyl groups is 1. The van der Waals surface area contributed by atoms with E-state index in [1.54, 1.807) is 6.20 Å². The van der Waals surface area contributed by atoms with E-state index in [0.717, 1.165) is 24.1 Å². The van der Waals surface area contributed by atoms with Crippen LogP contribution in [0, 0.1) is 0 Å². The molecule has 1 N–H and O–H groups in total. The Morgan fingerprint density at radius 1 is 1.20 bits per heavy atom. The molecular weight excluding hydrogens is 314 g/mol. The number of carbonyl (C=O) groups excluding carboxylic acids is 1. The van der Waals surface area contributed by atoms with Gasteiger partial charge in [0.2, 0.25) is 0 Å². The number of pyridine rings is 1. The van der Waals surface area contributed by atoms with E-state index in [-0.39, 0.29) is 12.5 Å². The molecule has 5 nitrogen and oxygen atoms in total. The summed E-state index contributed by atoms with van der Waals surface area (Å²) in [5.74, 6) is -0.0296. The molecule has 0 spiro atoms. The topological polar surface area (TPSA) is 57.8 Å². The number of hydrogen-bond donors (Lipinski definition) is 1. The van der Waals surface area contributed by atoms with Crippen molar-refractivity contribution in [3.63, 3.8) is 0 Å². The molecule has 25 heavy (non-hydrogen) atoms. The summed E-state index contributed by atoms with van der Waals surface area (Å²) in [4.78, 5) is 19.2. The molecule has 3 heterocycles. The Hall–Kier alpha value is -2.66. The van der Waals surface area contributed by atoms with Crippen LogP contribution in [0.15, 0.2) is 61.1 Å². The first-order valence-corrected chi connectivity index (χ1v) is 8.61. The quantitative estimate of drug-likeness (QED) is 0.797. The lowest BCUT2D eigenvalue weighted by molar-refractivity contribution is 0.0412. The number of imidazole rings is 1. The van der Waals surface area contributed by atoms with Crippen LogP contribution in [0.25, 0.3) is 5.65 Å². The van der Waals surface area contributed by atoms with Crippen LogP contribution >= 0.6 is 0 Å². The molecule has 0 aliphatic carbocycles. The van der Waals surface area contributed by atoms with Crippen molar-refractivity contribution >= 4 is 11.6 Å². The number of aliphatic hydroxyl groups excluding tert-OH is 1. The molecule has 1 saturated heterocycles. The van der Waals surface area contributed by atoms with Crippen molar-refractivity contribution in [1.29, 1.82) is 0 Å². The third-order valence-electron chi connectivity index (χ3n) is 5.15. The SMILES string of the molecule is O=C(c1ccc2nccn2c1)N1CCCC1(CO)Cc1ccccc1. The highest BCUT2D eigenvalue weighted by molar-refractivity contribution is 5.95. The van der Waals surface area contributed by atoms with Gasteiger partial charge in [0.05, 0.1) is 17.7 Å². The number of nitrogens with zero attached hydrogens (tertiary/aromatic N) is 3. The fraction of sp³-hybridized carbons (Fsp3) is 0.300. The van der Waals surface area contributed by atoms with Crippen LogP contribution in [0.4, 0.5) is 0 Å². The van der Waals surface area contributed by atoms with Gasteiger partial charge in [0.25, 0.3) is 5.91 Å². The Kier molecular flexibility index (Phi) is 4.01. The number of rotatable bonds is 4. The third kappa shape index (κ3) is 2.81. The van der Waals surface area contributed by atoms with Gasteiger partial charge in [-0.15, -0.1) is 0 Å². The summed E-state index contributed by atoms with van der Waals surface area (Å²) >= 11 is 0. The number of fused-ring (bicyclic) bond motifs is 1. The smallest absolute Gasteiger partial charge is 0.255 e. The van der Waals surface area contributed by atoms with E-state index in [1.165, 1.54) is 0 Å². The Bertz CT molecular complexity index is 890. The summed E-state index contributed by atoms with van der Waals surface area (Å²) < 4.78 is 1.85. The van der Waals surface area contributed by atoms with Gasteiger partial charge in [-0.1, -0.05) is 30.3 Å². The van der Waals surface area contributed by atoms with Gasteiger partial charge in [-0.05, 0) is 37.0 Å². The van der Waals surface area contributed by atoms with Crippen molar-refractivity contribution in [1.82, 2.24) is 14.3 Å². The monoisotopic (exact) mass is 335 g/mol. The first-order chi connectivity index (χ1) is 12.2. The number of carbonyl (C=O) groups is 1. The lowest BCUT2D eigenvalue weighted by Crippen LogP contribution is -2.51. The predicted octanol–water partition coefficient (Wildman–Crippen LogP) is 2.54. The summed E-state index contributed by atoms with van der Waals surface area (Å²) in [6.07, 6.45) is 7.76. The Balaban J connectivity index is 1.65. The van der Waals surface area contributed by atoms with Crippen molar-refractivity contribution in [2.24, 2.45) is 0 Å². The maximum Gasteiger partial charge on any atom is 0.255 e. The lowest BCUT2D eigenvalue weighted by atomic mass is 9.88. The molecule has 0 bridgehead atoms. The average Bonchev–Trinajstić information content (AvgIpc) is 3.28. The molecule has 128 valence electrons. The summed E-state index contributed by atoms with van der Waals surface area (Å²) in [7, 11) is 0. The summed E-state index contributed by atoms with van der Waals surface area (Å²) in [6.45, 7) is 0.648. The standard InChI is InChI=1S/C20H21N3O2/c24-15-20(13-16-5-2-1-3-6-16)9-4-11-23(20)19(25)17-7-8-18-21-10-12-22(18)14-17/h1-3,5-8,10,12,14,24H,4,9,11,13,15H2. The van der Waals surface area contributed by atoms with Crippen LogP contribution in [-0.4, -0.2) is 44.0 Å². The van der Waals surface area contributed by atoms with E-state index >= 15 is 0 Å². The largest absolute Gasteiger partial charge is 0.394 e. The number of amides is 1. The van der Waals surface area contributed by atoms with E-state index in [9.17, 15) is 9.90 Å². The van der Waals surface area contributed by atoms with Gasteiger partial charge in [0, 0.05) is 25.1 Å². The molecule has 2 aromatic heterocycles. The molecule has 0 radical (unpaired) electrons. The molecule has 1 amide bonds. The molecule has 1 aromatic carbocycles. The maximum atomic E-state index is 13.2. The normalized spacial score (nSPS) is 20.3. The van der Waals surface area contributed by atoms with Gasteiger partial charge in [-0.3, -0.25) is 4.79 Å². The molecule has 1 aliphatic heterocycles. The zero-order valence-electron chi connectivity index (χ0n) is 14.0. The van der Waals surface area contributed by atoms with Gasteiger partial charge < -0.3 is 14.4 Å². The van der Waals surface area contributed by atoms with E-state index in [0.29, 0.717) is 18.5 Å². The van der Waals surface area contributed by atoms with E-state index in [4.69, 9.17) is 0 Å². The minimum Gasteiger partial charge on any atom is -0.394 e. The summed E-state index contributed by atoms with van der Waals surface area (Å²) in [6, 6.07) is 13.7. The van der Waals surface area contributed by atoms with Gasteiger partial charge in [0.1, 0.15) is 5.65 Å². The first-order valence-electron chi connectivity index (χ1n) is 8.61. The van der Waals surface area contributed by atoms with E-state index in [1.807, 2.05) is 52.0 Å². The second-order valence-corrected chi connectivity index (χ2v) is 6.72. The average molecular weight is 335 g/mol. The van der Waals surface area contributed by atoms with Crippen LogP contribution in [0.2, 0.25) is 0 Å². The zero-order chi connectivity index (χ0) is 17.3. The minimum atomic E-state index is -0.525. The Labute approximate surface area is 146 Å². The molecule has 4 rings (SSSR count). The second kappa shape index (κ2) is 6.33. The number of benzene rings is 1. The zero-order valence-corrected chi connectivity index (χ0v) is 14.0. The highest BCUT2D eigenvalue weighted by Gasteiger charge is 2.43. The van der Waals surface area contributed by atoms with Crippen molar-refractivity contribution in [2.45, 2.75) is 24.8 Å². The van der Waals surface area contributed by atoms with Crippen LogP contribution in [0.1, 0.15) is 28.8 Å². The van der Waals surface area contributed by atoms with Crippen molar-refractivity contribution in [2.75, 3.05) is 13.2 Å². The van der Waals surface area contributed by atoms with Gasteiger partial charge in [-0.2, -0.15) is 0 Å². The second-order valence-electron chi connectivity index (χ2n) is 6.72. The highest BCUT2D eigenvalue weighted by atomic mass is 16.3. The summed E-state index contributed by atoms with van der Waals surface area (Å²) in [5.41, 5.74) is 2.05. The van der Waals surface area contributed by atoms with Crippen LogP contribution in [0.3, 0.4) is 0 Å².